The predicted octanol–water partition coefficient (Wildman–Crippen LogP) is 1.46. The number of nitrogens with zero attached hydrogens (tertiary/aromatic N) is 5. The number of aromatic nitrogens is 2. The van der Waals surface area contributed by atoms with Gasteiger partial charge in [-0.3, -0.25) is 0 Å². The fourth-order valence-corrected chi connectivity index (χ4v) is 2.48. The largest absolute Gasteiger partial charge is 0.357 e. The third-order valence-corrected chi connectivity index (χ3v) is 3.82. The van der Waals surface area contributed by atoms with E-state index in [0.717, 1.165) is 57.6 Å². The number of anilines is 2. The molecule has 1 fully saturated rings. The predicted molar refractivity (Wildman–Crippen MR) is 79.9 cm³/mol. The zero-order valence-corrected chi connectivity index (χ0v) is 12.3. The summed E-state index contributed by atoms with van der Waals surface area (Å²) in [6.07, 6.45) is 1.88. The average Bonchev–Trinajstić information content (AvgIpc) is 2.49. The molecule has 1 aromatic rings. The van der Waals surface area contributed by atoms with Crippen LogP contribution >= 0.6 is 0 Å². The molecule has 0 amide bonds. The van der Waals surface area contributed by atoms with Gasteiger partial charge in [0.25, 0.3) is 0 Å². The van der Waals surface area contributed by atoms with E-state index in [1.54, 1.807) is 0 Å². The molecule has 19 heavy (non-hydrogen) atoms. The summed E-state index contributed by atoms with van der Waals surface area (Å²) < 4.78 is 0. The van der Waals surface area contributed by atoms with Gasteiger partial charge in [0.05, 0.1) is 0 Å². The molecule has 0 saturated carbocycles. The summed E-state index contributed by atoms with van der Waals surface area (Å²) in [5, 5.41) is 0. The Morgan fingerprint density at radius 3 is 2.37 bits per heavy atom. The van der Waals surface area contributed by atoms with Crippen LogP contribution < -0.4 is 9.80 Å². The van der Waals surface area contributed by atoms with Gasteiger partial charge in [-0.2, -0.15) is 4.98 Å². The molecule has 106 valence electrons. The lowest BCUT2D eigenvalue weighted by molar-refractivity contribution is 0.270. The molecule has 0 spiro atoms. The molecule has 1 aromatic heterocycles. The lowest BCUT2D eigenvalue weighted by Gasteiger charge is -2.34. The average molecular weight is 263 g/mol. The van der Waals surface area contributed by atoms with Crippen molar-refractivity contribution in [1.29, 1.82) is 0 Å². The minimum atomic E-state index is 0.875. The Labute approximate surface area is 116 Å². The van der Waals surface area contributed by atoms with Crippen LogP contribution in [0.4, 0.5) is 11.8 Å². The molecule has 0 N–H and O–H groups in total. The highest BCUT2D eigenvalue weighted by atomic mass is 15.3. The van der Waals surface area contributed by atoms with Gasteiger partial charge in [0.2, 0.25) is 5.95 Å². The third-order valence-electron chi connectivity index (χ3n) is 3.82. The Kier molecular flexibility index (Phi) is 4.96. The van der Waals surface area contributed by atoms with Crippen molar-refractivity contribution in [3.05, 3.63) is 12.3 Å². The number of piperazine rings is 1. The standard InChI is InChI=1S/C14H25N5/c1-4-17-9-11-19(12-10-17)14-15-8-7-13(16-14)18(5-2)6-3/h7-8H,4-6,9-12H2,1-3H3. The molecule has 5 nitrogen and oxygen atoms in total. The van der Waals surface area contributed by atoms with Crippen LogP contribution in [0, 0.1) is 0 Å². The van der Waals surface area contributed by atoms with E-state index in [1.807, 2.05) is 12.3 Å². The van der Waals surface area contributed by atoms with Gasteiger partial charge in [-0.05, 0) is 26.5 Å². The first-order chi connectivity index (χ1) is 9.28. The molecule has 2 rings (SSSR count). The summed E-state index contributed by atoms with van der Waals surface area (Å²) in [6, 6.07) is 2.00. The van der Waals surface area contributed by atoms with E-state index in [-0.39, 0.29) is 0 Å². The van der Waals surface area contributed by atoms with E-state index in [9.17, 15) is 0 Å². The van der Waals surface area contributed by atoms with Crippen molar-refractivity contribution in [2.45, 2.75) is 20.8 Å². The van der Waals surface area contributed by atoms with E-state index in [1.165, 1.54) is 0 Å². The first kappa shape index (κ1) is 14.1. The molecule has 5 heteroatoms. The van der Waals surface area contributed by atoms with Gasteiger partial charge in [-0.1, -0.05) is 6.92 Å². The van der Waals surface area contributed by atoms with Crippen molar-refractivity contribution in [1.82, 2.24) is 14.9 Å². The molecule has 0 aliphatic carbocycles. The topological polar surface area (TPSA) is 35.5 Å². The zero-order chi connectivity index (χ0) is 13.7. The minimum absolute atomic E-state index is 0.875. The Morgan fingerprint density at radius 1 is 1.11 bits per heavy atom. The molecule has 1 aliphatic rings. The Morgan fingerprint density at radius 2 is 1.79 bits per heavy atom. The molecule has 0 bridgehead atoms. The van der Waals surface area contributed by atoms with Crippen LogP contribution in [0.2, 0.25) is 0 Å². The lowest BCUT2D eigenvalue weighted by Crippen LogP contribution is -2.46. The fourth-order valence-electron chi connectivity index (χ4n) is 2.48. The number of likely N-dealkylation sites (N-methyl/N-ethyl adjacent to an activating group) is 1. The van der Waals surface area contributed by atoms with Crippen LogP contribution in [0.5, 0.6) is 0 Å². The number of rotatable bonds is 5. The summed E-state index contributed by atoms with van der Waals surface area (Å²) in [6.45, 7) is 13.9. The molecule has 0 radical (unpaired) electrons. The van der Waals surface area contributed by atoms with Gasteiger partial charge in [0.1, 0.15) is 5.82 Å². The van der Waals surface area contributed by atoms with Crippen molar-refractivity contribution in [3.63, 3.8) is 0 Å². The Balaban J connectivity index is 2.07. The van der Waals surface area contributed by atoms with Crippen molar-refractivity contribution >= 4 is 11.8 Å². The van der Waals surface area contributed by atoms with Crippen LogP contribution in [0.25, 0.3) is 0 Å². The molecular formula is C14H25N5. The summed E-state index contributed by atoms with van der Waals surface area (Å²) in [5.74, 6) is 1.91. The molecular weight excluding hydrogens is 238 g/mol. The summed E-state index contributed by atoms with van der Waals surface area (Å²) >= 11 is 0. The fraction of sp³-hybridized carbons (Fsp3) is 0.714. The van der Waals surface area contributed by atoms with Crippen molar-refractivity contribution in [2.75, 3.05) is 55.6 Å². The normalized spacial score (nSPS) is 16.7. The monoisotopic (exact) mass is 263 g/mol. The van der Waals surface area contributed by atoms with Crippen molar-refractivity contribution < 1.29 is 0 Å². The quantitative estimate of drug-likeness (QED) is 0.804. The number of hydrogen-bond acceptors (Lipinski definition) is 5. The first-order valence-corrected chi connectivity index (χ1v) is 7.33. The van der Waals surface area contributed by atoms with Crippen LogP contribution in [0.3, 0.4) is 0 Å². The lowest BCUT2D eigenvalue weighted by atomic mass is 10.3. The smallest absolute Gasteiger partial charge is 0.227 e. The van der Waals surface area contributed by atoms with Gasteiger partial charge in [0, 0.05) is 45.5 Å². The maximum atomic E-state index is 4.71. The van der Waals surface area contributed by atoms with Gasteiger partial charge in [-0.15, -0.1) is 0 Å². The van der Waals surface area contributed by atoms with Gasteiger partial charge in [-0.25, -0.2) is 4.98 Å². The highest BCUT2D eigenvalue weighted by Crippen LogP contribution is 2.16. The molecule has 1 aliphatic heterocycles. The van der Waals surface area contributed by atoms with Crippen molar-refractivity contribution in [3.8, 4) is 0 Å². The van der Waals surface area contributed by atoms with E-state index in [4.69, 9.17) is 4.98 Å². The second-order valence-corrected chi connectivity index (χ2v) is 4.81. The molecule has 2 heterocycles. The first-order valence-electron chi connectivity index (χ1n) is 7.33. The van der Waals surface area contributed by atoms with Crippen LogP contribution in [0.15, 0.2) is 12.3 Å². The minimum Gasteiger partial charge on any atom is -0.357 e. The van der Waals surface area contributed by atoms with E-state index < -0.39 is 0 Å². The Hall–Kier alpha value is -1.36. The summed E-state index contributed by atoms with van der Waals surface area (Å²) in [7, 11) is 0. The van der Waals surface area contributed by atoms with Crippen LogP contribution in [0.1, 0.15) is 20.8 Å². The highest BCUT2D eigenvalue weighted by Gasteiger charge is 2.18. The summed E-state index contributed by atoms with van der Waals surface area (Å²) in [5.41, 5.74) is 0. The highest BCUT2D eigenvalue weighted by molar-refractivity contribution is 5.43. The van der Waals surface area contributed by atoms with Gasteiger partial charge in [0.15, 0.2) is 0 Å². The van der Waals surface area contributed by atoms with E-state index in [2.05, 4.69) is 40.5 Å². The molecule has 0 atom stereocenters. The molecule has 0 aromatic carbocycles. The number of hydrogen-bond donors (Lipinski definition) is 0. The van der Waals surface area contributed by atoms with Crippen LogP contribution in [-0.4, -0.2) is 60.7 Å². The van der Waals surface area contributed by atoms with Gasteiger partial charge >= 0.3 is 0 Å². The SMILES string of the molecule is CCN1CCN(c2nccc(N(CC)CC)n2)CC1. The van der Waals surface area contributed by atoms with Crippen molar-refractivity contribution in [2.24, 2.45) is 0 Å². The second kappa shape index (κ2) is 6.70. The Bertz CT molecular complexity index is 383. The third kappa shape index (κ3) is 3.35. The summed E-state index contributed by atoms with van der Waals surface area (Å²) in [4.78, 5) is 16.2. The second-order valence-electron chi connectivity index (χ2n) is 4.81. The van der Waals surface area contributed by atoms with E-state index >= 15 is 0 Å². The van der Waals surface area contributed by atoms with Crippen LogP contribution in [-0.2, 0) is 0 Å². The molecule has 1 saturated heterocycles. The van der Waals surface area contributed by atoms with E-state index in [0.29, 0.717) is 0 Å². The van der Waals surface area contributed by atoms with Gasteiger partial charge < -0.3 is 14.7 Å². The maximum Gasteiger partial charge on any atom is 0.227 e. The zero-order valence-electron chi connectivity index (χ0n) is 12.3. The maximum absolute atomic E-state index is 4.71. The molecule has 0 unspecified atom stereocenters.